The molecule has 0 fully saturated rings. The zero-order valence-electron chi connectivity index (χ0n) is 7.11. The molecule has 0 aliphatic carbocycles. The van der Waals surface area contributed by atoms with E-state index in [0.717, 1.165) is 6.20 Å². The van der Waals surface area contributed by atoms with Crippen LogP contribution in [0.2, 0.25) is 5.15 Å². The molecule has 1 rings (SSSR count). The van der Waals surface area contributed by atoms with Crippen LogP contribution in [0.1, 0.15) is 0 Å². The average molecular weight is 230 g/mol. The molecule has 0 bridgehead atoms. The Morgan fingerprint density at radius 1 is 1.69 bits per heavy atom. The molecule has 1 aromatic heterocycles. The fraction of sp³-hybridized carbons (Fsp3) is 0.167. The molecule has 0 aromatic carbocycles. The van der Waals surface area contributed by atoms with Crippen LogP contribution in [0.15, 0.2) is 17.2 Å². The van der Waals surface area contributed by atoms with E-state index in [1.54, 1.807) is 0 Å². The van der Waals surface area contributed by atoms with E-state index in [1.165, 1.54) is 13.2 Å². The van der Waals surface area contributed by atoms with E-state index < -0.39 is 11.1 Å². The molecular weight excluding hydrogens is 225 g/mol. The van der Waals surface area contributed by atoms with Gasteiger partial charge >= 0.3 is 29.6 Å². The number of hydrogen-bond donors (Lipinski definition) is 0. The van der Waals surface area contributed by atoms with Gasteiger partial charge in [0.05, 0.1) is 7.11 Å². The first-order valence-corrected chi connectivity index (χ1v) is 4.39. The van der Waals surface area contributed by atoms with Crippen LogP contribution in [0.3, 0.4) is 0 Å². The van der Waals surface area contributed by atoms with Gasteiger partial charge in [0.25, 0.3) is 0 Å². The fourth-order valence-electron chi connectivity index (χ4n) is 0.644. The SMILES string of the molecule is COc1cc(S(=O)[O-])cnc1Cl.[Na+]. The van der Waals surface area contributed by atoms with Crippen molar-refractivity contribution in [3.05, 3.63) is 17.4 Å². The first kappa shape index (κ1) is 13.4. The van der Waals surface area contributed by atoms with Gasteiger partial charge in [-0.25, -0.2) is 4.98 Å². The minimum atomic E-state index is -2.30. The van der Waals surface area contributed by atoms with Gasteiger partial charge in [-0.1, -0.05) is 11.6 Å². The number of methoxy groups -OCH3 is 1. The Hall–Kier alpha value is 0.350. The van der Waals surface area contributed by atoms with Gasteiger partial charge in [0.1, 0.15) is 0 Å². The first-order chi connectivity index (χ1) is 5.65. The first-order valence-electron chi connectivity index (χ1n) is 2.94. The summed E-state index contributed by atoms with van der Waals surface area (Å²) < 4.78 is 25.7. The Bertz CT molecular complexity index is 323. The third kappa shape index (κ3) is 3.53. The summed E-state index contributed by atoms with van der Waals surface area (Å²) in [5.41, 5.74) is 0. The Morgan fingerprint density at radius 2 is 2.31 bits per heavy atom. The van der Waals surface area contributed by atoms with Crippen molar-refractivity contribution in [3.8, 4) is 5.75 Å². The van der Waals surface area contributed by atoms with Gasteiger partial charge in [0.15, 0.2) is 10.9 Å². The van der Waals surface area contributed by atoms with Crippen LogP contribution in [-0.4, -0.2) is 20.9 Å². The van der Waals surface area contributed by atoms with E-state index in [-0.39, 0.29) is 45.4 Å². The average Bonchev–Trinajstić information content (AvgIpc) is 2.05. The summed E-state index contributed by atoms with van der Waals surface area (Å²) >= 11 is 3.26. The Kier molecular flexibility index (Phi) is 6.11. The van der Waals surface area contributed by atoms with Crippen molar-refractivity contribution >= 4 is 22.7 Å². The topological polar surface area (TPSA) is 62.2 Å². The third-order valence-electron chi connectivity index (χ3n) is 1.19. The Labute approximate surface area is 105 Å². The molecule has 1 heterocycles. The summed E-state index contributed by atoms with van der Waals surface area (Å²) in [4.78, 5) is 3.67. The molecule has 7 heteroatoms. The molecule has 0 aliphatic heterocycles. The number of rotatable bonds is 2. The molecule has 0 amide bonds. The molecule has 0 radical (unpaired) electrons. The summed E-state index contributed by atoms with van der Waals surface area (Å²) in [5.74, 6) is 0.248. The molecule has 13 heavy (non-hydrogen) atoms. The van der Waals surface area contributed by atoms with Crippen LogP contribution in [0.5, 0.6) is 5.75 Å². The smallest absolute Gasteiger partial charge is 0.768 e. The number of aromatic nitrogens is 1. The molecule has 1 unspecified atom stereocenters. The summed E-state index contributed by atoms with van der Waals surface area (Å²) in [5, 5.41) is 0.145. The summed E-state index contributed by atoms with van der Waals surface area (Å²) in [7, 11) is 1.39. The normalized spacial score (nSPS) is 11.6. The third-order valence-corrected chi connectivity index (χ3v) is 2.09. The van der Waals surface area contributed by atoms with Gasteiger partial charge in [-0.05, 0) is 17.1 Å². The summed E-state index contributed by atoms with van der Waals surface area (Å²) in [6, 6.07) is 1.30. The molecule has 0 spiro atoms. The summed E-state index contributed by atoms with van der Waals surface area (Å²) in [6.45, 7) is 0. The van der Waals surface area contributed by atoms with Crippen LogP contribution in [0.25, 0.3) is 0 Å². The van der Waals surface area contributed by atoms with E-state index in [1.807, 2.05) is 0 Å². The van der Waals surface area contributed by atoms with Crippen molar-refractivity contribution in [1.82, 2.24) is 4.98 Å². The van der Waals surface area contributed by atoms with Crippen molar-refractivity contribution in [1.29, 1.82) is 0 Å². The molecule has 0 saturated heterocycles. The maximum atomic E-state index is 10.4. The van der Waals surface area contributed by atoms with Crippen LogP contribution in [-0.2, 0) is 11.1 Å². The Morgan fingerprint density at radius 3 is 2.77 bits per heavy atom. The van der Waals surface area contributed by atoms with Crippen LogP contribution in [0.4, 0.5) is 0 Å². The molecular formula is C6H5ClNNaO3S. The number of pyridine rings is 1. The zero-order chi connectivity index (χ0) is 9.14. The van der Waals surface area contributed by atoms with Crippen molar-refractivity contribution in [2.24, 2.45) is 0 Å². The van der Waals surface area contributed by atoms with Gasteiger partial charge in [0, 0.05) is 11.1 Å². The van der Waals surface area contributed by atoms with Crippen molar-refractivity contribution in [3.63, 3.8) is 0 Å². The minimum Gasteiger partial charge on any atom is -0.768 e. The monoisotopic (exact) mass is 229 g/mol. The van der Waals surface area contributed by atoms with E-state index in [9.17, 15) is 8.76 Å². The van der Waals surface area contributed by atoms with E-state index in [4.69, 9.17) is 16.3 Å². The molecule has 0 N–H and O–H groups in total. The quantitative estimate of drug-likeness (QED) is 0.334. The maximum Gasteiger partial charge on any atom is 1.00 e. The minimum absolute atomic E-state index is 0. The second-order valence-electron chi connectivity index (χ2n) is 1.90. The number of nitrogens with zero attached hydrogens (tertiary/aromatic N) is 1. The Balaban J connectivity index is 0.00000144. The number of hydrogen-bond acceptors (Lipinski definition) is 4. The van der Waals surface area contributed by atoms with Crippen molar-refractivity contribution < 1.29 is 43.1 Å². The second kappa shape index (κ2) is 5.95. The molecule has 1 aromatic rings. The van der Waals surface area contributed by atoms with E-state index in [0.29, 0.717) is 0 Å². The van der Waals surface area contributed by atoms with Gasteiger partial charge in [-0.3, -0.25) is 4.21 Å². The molecule has 4 nitrogen and oxygen atoms in total. The van der Waals surface area contributed by atoms with Gasteiger partial charge in [-0.15, -0.1) is 0 Å². The van der Waals surface area contributed by atoms with Crippen molar-refractivity contribution in [2.45, 2.75) is 4.90 Å². The predicted molar refractivity (Wildman–Crippen MR) is 43.0 cm³/mol. The van der Waals surface area contributed by atoms with Gasteiger partial charge < -0.3 is 9.29 Å². The van der Waals surface area contributed by atoms with E-state index >= 15 is 0 Å². The number of halogens is 1. The molecule has 66 valence electrons. The predicted octanol–water partition coefficient (Wildman–Crippen LogP) is -2.01. The molecule has 1 atom stereocenters. The molecule has 0 saturated carbocycles. The zero-order valence-corrected chi connectivity index (χ0v) is 10.7. The van der Waals surface area contributed by atoms with E-state index in [2.05, 4.69) is 4.98 Å². The maximum absolute atomic E-state index is 10.4. The van der Waals surface area contributed by atoms with Gasteiger partial charge in [0.2, 0.25) is 0 Å². The van der Waals surface area contributed by atoms with Crippen molar-refractivity contribution in [2.75, 3.05) is 7.11 Å². The fourth-order valence-corrected chi connectivity index (χ4v) is 1.17. The van der Waals surface area contributed by atoms with Crippen LogP contribution >= 0.6 is 11.6 Å². The standard InChI is InChI=1S/C6H6ClNO3S.Na/c1-11-5-2-4(12(9)10)3-8-6(5)7;/h2-3H,1H3,(H,9,10);/q;+1/p-1. The van der Waals surface area contributed by atoms with Gasteiger partial charge in [-0.2, -0.15) is 0 Å². The molecule has 0 aliphatic rings. The van der Waals surface area contributed by atoms with Crippen LogP contribution < -0.4 is 34.3 Å². The largest absolute Gasteiger partial charge is 1.00 e. The number of ether oxygens (including phenoxy) is 1. The summed E-state index contributed by atoms with van der Waals surface area (Å²) in [6.07, 6.45) is 1.16. The second-order valence-corrected chi connectivity index (χ2v) is 3.20. The van der Waals surface area contributed by atoms with Crippen LogP contribution in [0, 0.1) is 0 Å².